The zero-order chi connectivity index (χ0) is 9.42. The van der Waals surface area contributed by atoms with Gasteiger partial charge in [0.2, 0.25) is 5.95 Å². The van der Waals surface area contributed by atoms with Gasteiger partial charge in [0.25, 0.3) is 5.56 Å². The lowest BCUT2D eigenvalue weighted by Gasteiger charge is -1.98. The predicted octanol–water partition coefficient (Wildman–Crippen LogP) is 0.167. The first kappa shape index (κ1) is 7.85. The SMILES string of the molecule is CCc1ccc2c(=O)[nH]c(N)nn12. The van der Waals surface area contributed by atoms with Gasteiger partial charge in [-0.3, -0.25) is 9.78 Å². The Morgan fingerprint density at radius 3 is 3.08 bits per heavy atom. The average Bonchev–Trinajstić information content (AvgIpc) is 2.47. The van der Waals surface area contributed by atoms with E-state index in [2.05, 4.69) is 10.1 Å². The number of aromatic nitrogens is 3. The minimum absolute atomic E-state index is 0.142. The Bertz CT molecular complexity index is 496. The molecule has 2 aromatic rings. The number of rotatable bonds is 1. The molecule has 0 amide bonds. The van der Waals surface area contributed by atoms with Gasteiger partial charge in [0, 0.05) is 5.69 Å². The lowest BCUT2D eigenvalue weighted by atomic mass is 10.3. The molecular weight excluding hydrogens is 168 g/mol. The maximum atomic E-state index is 11.3. The van der Waals surface area contributed by atoms with E-state index in [0.29, 0.717) is 5.52 Å². The van der Waals surface area contributed by atoms with Crippen LogP contribution in [0.15, 0.2) is 16.9 Å². The van der Waals surface area contributed by atoms with E-state index in [4.69, 9.17) is 5.73 Å². The average molecular weight is 178 g/mol. The van der Waals surface area contributed by atoms with Crippen LogP contribution in [0.2, 0.25) is 0 Å². The van der Waals surface area contributed by atoms with Crippen molar-refractivity contribution in [2.45, 2.75) is 13.3 Å². The molecular formula is C8H10N4O. The summed E-state index contributed by atoms with van der Waals surface area (Å²) < 4.78 is 1.58. The van der Waals surface area contributed by atoms with Crippen LogP contribution in [0, 0.1) is 0 Å². The molecule has 2 heterocycles. The van der Waals surface area contributed by atoms with Crippen molar-refractivity contribution in [3.63, 3.8) is 0 Å². The number of H-pyrrole nitrogens is 1. The number of aromatic amines is 1. The molecule has 2 rings (SSSR count). The van der Waals surface area contributed by atoms with Gasteiger partial charge < -0.3 is 5.73 Å². The topological polar surface area (TPSA) is 76.2 Å². The van der Waals surface area contributed by atoms with Crippen LogP contribution in [0.3, 0.4) is 0 Å². The molecule has 0 saturated carbocycles. The molecule has 13 heavy (non-hydrogen) atoms. The Balaban J connectivity index is 2.90. The van der Waals surface area contributed by atoms with E-state index in [9.17, 15) is 4.79 Å². The van der Waals surface area contributed by atoms with Crippen molar-refractivity contribution in [1.82, 2.24) is 14.6 Å². The summed E-state index contributed by atoms with van der Waals surface area (Å²) in [6, 6.07) is 3.61. The molecule has 0 atom stereocenters. The first-order chi connectivity index (χ1) is 6.22. The highest BCUT2D eigenvalue weighted by molar-refractivity contribution is 5.47. The Hall–Kier alpha value is -1.78. The highest BCUT2D eigenvalue weighted by Crippen LogP contribution is 2.04. The molecule has 0 fully saturated rings. The third kappa shape index (κ3) is 1.09. The largest absolute Gasteiger partial charge is 0.368 e. The van der Waals surface area contributed by atoms with E-state index in [1.54, 1.807) is 10.6 Å². The molecule has 0 aliphatic carbocycles. The van der Waals surface area contributed by atoms with Crippen LogP contribution >= 0.6 is 0 Å². The van der Waals surface area contributed by atoms with Crippen molar-refractivity contribution in [2.75, 3.05) is 5.73 Å². The second-order valence-electron chi connectivity index (χ2n) is 2.81. The lowest BCUT2D eigenvalue weighted by molar-refractivity contribution is 0.839. The third-order valence-electron chi connectivity index (χ3n) is 1.98. The van der Waals surface area contributed by atoms with Crippen molar-refractivity contribution in [3.05, 3.63) is 28.2 Å². The summed E-state index contributed by atoms with van der Waals surface area (Å²) in [5.41, 5.74) is 6.73. The van der Waals surface area contributed by atoms with Crippen LogP contribution in [0.4, 0.5) is 5.95 Å². The van der Waals surface area contributed by atoms with Gasteiger partial charge in [-0.25, -0.2) is 4.52 Å². The van der Waals surface area contributed by atoms with Gasteiger partial charge in [-0.1, -0.05) is 6.92 Å². The molecule has 5 nitrogen and oxygen atoms in total. The molecule has 5 heteroatoms. The molecule has 0 aliphatic heterocycles. The molecule has 0 unspecified atom stereocenters. The second-order valence-corrected chi connectivity index (χ2v) is 2.81. The third-order valence-corrected chi connectivity index (χ3v) is 1.98. The van der Waals surface area contributed by atoms with Crippen molar-refractivity contribution < 1.29 is 0 Å². The van der Waals surface area contributed by atoms with E-state index in [1.165, 1.54) is 0 Å². The van der Waals surface area contributed by atoms with E-state index in [0.717, 1.165) is 12.1 Å². The smallest absolute Gasteiger partial charge is 0.276 e. The number of nitrogens with one attached hydrogen (secondary N) is 1. The molecule has 0 saturated heterocycles. The first-order valence-corrected chi connectivity index (χ1v) is 4.08. The summed E-state index contributed by atoms with van der Waals surface area (Å²) in [5.74, 6) is 0.142. The van der Waals surface area contributed by atoms with Gasteiger partial charge in [-0.15, -0.1) is 5.10 Å². The molecule has 2 aromatic heterocycles. The fraction of sp³-hybridized carbons (Fsp3) is 0.250. The van der Waals surface area contributed by atoms with Gasteiger partial charge in [0.1, 0.15) is 5.52 Å². The van der Waals surface area contributed by atoms with E-state index >= 15 is 0 Å². The standard InChI is InChI=1S/C8H10N4O/c1-2-5-3-4-6-7(13)10-8(9)11-12(5)6/h3-4H,2H2,1H3,(H3,9,10,11,13). The van der Waals surface area contributed by atoms with Crippen LogP contribution in [0.1, 0.15) is 12.6 Å². The van der Waals surface area contributed by atoms with E-state index < -0.39 is 0 Å². The zero-order valence-electron chi connectivity index (χ0n) is 7.24. The summed E-state index contributed by atoms with van der Waals surface area (Å²) in [6.45, 7) is 2.00. The summed E-state index contributed by atoms with van der Waals surface area (Å²) in [5, 5.41) is 4.01. The molecule has 0 aromatic carbocycles. The number of nitrogen functional groups attached to an aromatic ring is 1. The van der Waals surface area contributed by atoms with Gasteiger partial charge >= 0.3 is 0 Å². The molecule has 3 N–H and O–H groups in total. The fourth-order valence-corrected chi connectivity index (χ4v) is 1.34. The van der Waals surface area contributed by atoms with E-state index in [1.807, 2.05) is 13.0 Å². The Morgan fingerprint density at radius 2 is 2.38 bits per heavy atom. The fourth-order valence-electron chi connectivity index (χ4n) is 1.34. The molecule has 0 spiro atoms. The van der Waals surface area contributed by atoms with Crippen molar-refractivity contribution in [1.29, 1.82) is 0 Å². The predicted molar refractivity (Wildman–Crippen MR) is 49.6 cm³/mol. The normalized spacial score (nSPS) is 10.8. The van der Waals surface area contributed by atoms with Crippen molar-refractivity contribution >= 4 is 11.5 Å². The maximum Gasteiger partial charge on any atom is 0.276 e. The lowest BCUT2D eigenvalue weighted by Crippen LogP contribution is -2.15. The summed E-state index contributed by atoms with van der Waals surface area (Å²) in [6.07, 6.45) is 0.823. The highest BCUT2D eigenvalue weighted by Gasteiger charge is 2.04. The van der Waals surface area contributed by atoms with Crippen LogP contribution in [0.5, 0.6) is 0 Å². The van der Waals surface area contributed by atoms with Gasteiger partial charge in [-0.05, 0) is 18.6 Å². The molecule has 68 valence electrons. The van der Waals surface area contributed by atoms with E-state index in [-0.39, 0.29) is 11.5 Å². The first-order valence-electron chi connectivity index (χ1n) is 4.08. The molecule has 0 radical (unpaired) electrons. The Kier molecular flexibility index (Phi) is 1.58. The van der Waals surface area contributed by atoms with Crippen LogP contribution in [0.25, 0.3) is 5.52 Å². The number of hydrogen-bond acceptors (Lipinski definition) is 3. The van der Waals surface area contributed by atoms with Gasteiger partial charge in [0.15, 0.2) is 0 Å². The van der Waals surface area contributed by atoms with Gasteiger partial charge in [0.05, 0.1) is 0 Å². The number of anilines is 1. The van der Waals surface area contributed by atoms with Crippen molar-refractivity contribution in [2.24, 2.45) is 0 Å². The minimum Gasteiger partial charge on any atom is -0.368 e. The number of fused-ring (bicyclic) bond motifs is 1. The Labute approximate surface area is 74.2 Å². The number of nitrogens with zero attached hydrogens (tertiary/aromatic N) is 2. The Morgan fingerprint density at radius 1 is 1.62 bits per heavy atom. The number of nitrogens with two attached hydrogens (primary N) is 1. The quantitative estimate of drug-likeness (QED) is 0.653. The van der Waals surface area contributed by atoms with Gasteiger partial charge in [-0.2, -0.15) is 0 Å². The maximum absolute atomic E-state index is 11.3. The summed E-state index contributed by atoms with van der Waals surface area (Å²) in [7, 11) is 0. The van der Waals surface area contributed by atoms with Crippen molar-refractivity contribution in [3.8, 4) is 0 Å². The minimum atomic E-state index is -0.202. The highest BCUT2D eigenvalue weighted by atomic mass is 16.1. The summed E-state index contributed by atoms with van der Waals surface area (Å²) in [4.78, 5) is 13.8. The second kappa shape index (κ2) is 2.62. The molecule has 0 aliphatic rings. The number of hydrogen-bond donors (Lipinski definition) is 2. The summed E-state index contributed by atoms with van der Waals surface area (Å²) >= 11 is 0. The monoisotopic (exact) mass is 178 g/mol. The number of aryl methyl sites for hydroxylation is 1. The van der Waals surface area contributed by atoms with Crippen LogP contribution in [-0.2, 0) is 6.42 Å². The zero-order valence-corrected chi connectivity index (χ0v) is 7.24. The van der Waals surface area contributed by atoms with Crippen LogP contribution in [-0.4, -0.2) is 14.6 Å². The molecule has 0 bridgehead atoms. The van der Waals surface area contributed by atoms with Crippen LogP contribution < -0.4 is 11.3 Å².